The summed E-state index contributed by atoms with van der Waals surface area (Å²) in [6.07, 6.45) is 58.5. The molecule has 0 aromatic heterocycles. The van der Waals surface area contributed by atoms with Gasteiger partial charge in [0.25, 0.3) is 0 Å². The fourth-order valence-electron chi connectivity index (χ4n) is 12.6. The van der Waals surface area contributed by atoms with Crippen molar-refractivity contribution in [3.63, 3.8) is 0 Å². The standard InChI is InChI=1S/C82H160O17P2/c1-9-75(8)61-53-45-36-30-23-19-16-17-21-25-32-38-48-56-64-81(86)99-78(69-93-80(85)63-55-47-41-40-44-52-60-74(6)7)71-97-101(90,91)95-67-76(83)66-94-100(88,89)96-70-77(98-82(87)65-57-49-39-33-27-26-29-35-43-51-59-73(4)5)68-92-79(84)62-54-46-37-31-24-20-15-13-11-10-12-14-18-22-28-34-42-50-58-72(2)3/h72-78,83H,9-71H2,1-8H3,(H,88,89)(H,90,91)/t75?,76-,77-,78-/m1/s1. The zero-order chi connectivity index (χ0) is 74.6. The quantitative estimate of drug-likeness (QED) is 0.0222. The van der Waals surface area contributed by atoms with Gasteiger partial charge in [0.2, 0.25) is 0 Å². The first-order valence-corrected chi connectivity index (χ1v) is 45.2. The maximum absolute atomic E-state index is 13.1. The lowest BCUT2D eigenvalue weighted by Crippen LogP contribution is -2.30. The third-order valence-corrected chi connectivity index (χ3v) is 21.3. The second-order valence-corrected chi connectivity index (χ2v) is 34.1. The molecule has 6 atom stereocenters. The summed E-state index contributed by atoms with van der Waals surface area (Å²) in [5.74, 6) is 0.985. The topological polar surface area (TPSA) is 237 Å². The summed E-state index contributed by atoms with van der Waals surface area (Å²) < 4.78 is 68.7. The van der Waals surface area contributed by atoms with Crippen molar-refractivity contribution in [1.29, 1.82) is 0 Å². The first kappa shape index (κ1) is 99.1. The monoisotopic (exact) mass is 1480 g/mol. The number of unbranched alkanes of at least 4 members (excludes halogenated alkanes) is 44. The molecule has 17 nitrogen and oxygen atoms in total. The van der Waals surface area contributed by atoms with E-state index in [0.29, 0.717) is 31.6 Å². The van der Waals surface area contributed by atoms with E-state index in [4.69, 9.17) is 37.0 Å². The third kappa shape index (κ3) is 74.7. The van der Waals surface area contributed by atoms with Crippen molar-refractivity contribution in [3.05, 3.63) is 0 Å². The number of phosphoric ester groups is 2. The highest BCUT2D eigenvalue weighted by atomic mass is 31.2. The molecule has 0 radical (unpaired) electrons. The Bertz CT molecular complexity index is 1970. The second kappa shape index (κ2) is 71.0. The summed E-state index contributed by atoms with van der Waals surface area (Å²) in [7, 11) is -9.92. The molecule has 101 heavy (non-hydrogen) atoms. The molecule has 0 heterocycles. The molecule has 3 unspecified atom stereocenters. The largest absolute Gasteiger partial charge is 0.472 e. The summed E-state index contributed by atoms with van der Waals surface area (Å²) in [6, 6.07) is 0. The third-order valence-electron chi connectivity index (χ3n) is 19.4. The van der Waals surface area contributed by atoms with Crippen molar-refractivity contribution in [3.8, 4) is 0 Å². The maximum atomic E-state index is 13.1. The first-order chi connectivity index (χ1) is 48.6. The zero-order valence-corrected chi connectivity index (χ0v) is 68.3. The highest BCUT2D eigenvalue weighted by Gasteiger charge is 2.30. The minimum Gasteiger partial charge on any atom is -0.462 e. The SMILES string of the molecule is CCC(C)CCCCCCCCCCCCCCCCC(=O)O[C@H](COC(=O)CCCCCCCCC(C)C)COP(=O)(O)OC[C@H](O)COP(=O)(O)OC[C@@H](COC(=O)CCCCCCCCCCCCCCCCCCCCC(C)C)OC(=O)CCCCCCCCCCCCC(C)C. The van der Waals surface area contributed by atoms with Crippen molar-refractivity contribution < 1.29 is 80.2 Å². The van der Waals surface area contributed by atoms with Crippen LogP contribution in [0.2, 0.25) is 0 Å². The molecule has 0 saturated heterocycles. The number of hydrogen-bond donors (Lipinski definition) is 3. The van der Waals surface area contributed by atoms with E-state index in [1.54, 1.807) is 0 Å². The van der Waals surface area contributed by atoms with Crippen LogP contribution >= 0.6 is 15.6 Å². The number of esters is 4. The van der Waals surface area contributed by atoms with Gasteiger partial charge in [0.1, 0.15) is 19.3 Å². The Kier molecular flexibility index (Phi) is 69.6. The number of ether oxygens (including phenoxy) is 4. The summed E-state index contributed by atoms with van der Waals surface area (Å²) >= 11 is 0. The van der Waals surface area contributed by atoms with Crippen molar-refractivity contribution >= 4 is 39.5 Å². The Labute approximate surface area is 619 Å². The lowest BCUT2D eigenvalue weighted by Gasteiger charge is -2.21. The molecule has 0 saturated carbocycles. The van der Waals surface area contributed by atoms with Gasteiger partial charge in [-0.3, -0.25) is 37.3 Å². The van der Waals surface area contributed by atoms with Crippen LogP contribution in [0.5, 0.6) is 0 Å². The van der Waals surface area contributed by atoms with Crippen LogP contribution in [0.25, 0.3) is 0 Å². The summed E-state index contributed by atoms with van der Waals surface area (Å²) in [4.78, 5) is 73.0. The molecule has 0 rings (SSSR count). The predicted octanol–water partition coefficient (Wildman–Crippen LogP) is 24.4. The van der Waals surface area contributed by atoms with Gasteiger partial charge >= 0.3 is 39.5 Å². The van der Waals surface area contributed by atoms with Gasteiger partial charge in [-0.05, 0) is 49.4 Å². The van der Waals surface area contributed by atoms with Crippen LogP contribution in [-0.4, -0.2) is 96.7 Å². The van der Waals surface area contributed by atoms with Crippen LogP contribution in [0.4, 0.5) is 0 Å². The van der Waals surface area contributed by atoms with Gasteiger partial charge in [0.05, 0.1) is 26.4 Å². The van der Waals surface area contributed by atoms with E-state index in [0.717, 1.165) is 114 Å². The van der Waals surface area contributed by atoms with Crippen LogP contribution in [0, 0.1) is 23.7 Å². The fraction of sp³-hybridized carbons (Fsp3) is 0.951. The van der Waals surface area contributed by atoms with Crippen molar-refractivity contribution in [2.45, 2.75) is 440 Å². The molecule has 0 aliphatic heterocycles. The van der Waals surface area contributed by atoms with E-state index in [9.17, 15) is 43.2 Å². The maximum Gasteiger partial charge on any atom is 0.472 e. The molecular weight excluding hydrogens is 1320 g/mol. The zero-order valence-electron chi connectivity index (χ0n) is 66.5. The molecule has 19 heteroatoms. The van der Waals surface area contributed by atoms with Gasteiger partial charge < -0.3 is 33.8 Å². The molecule has 0 aromatic rings. The number of rotatable bonds is 79. The van der Waals surface area contributed by atoms with E-state index in [-0.39, 0.29) is 25.7 Å². The van der Waals surface area contributed by atoms with Gasteiger partial charge in [-0.25, -0.2) is 9.13 Å². The number of aliphatic hydroxyl groups is 1. The Morgan fingerprint density at radius 2 is 0.475 bits per heavy atom. The molecule has 600 valence electrons. The predicted molar refractivity (Wildman–Crippen MR) is 414 cm³/mol. The molecule has 0 aromatic carbocycles. The fourth-order valence-corrected chi connectivity index (χ4v) is 14.2. The van der Waals surface area contributed by atoms with Crippen LogP contribution < -0.4 is 0 Å². The van der Waals surface area contributed by atoms with Crippen LogP contribution in [0.3, 0.4) is 0 Å². The van der Waals surface area contributed by atoms with Crippen molar-refractivity contribution in [2.75, 3.05) is 39.6 Å². The van der Waals surface area contributed by atoms with Crippen LogP contribution in [0.15, 0.2) is 0 Å². The van der Waals surface area contributed by atoms with Crippen LogP contribution in [0.1, 0.15) is 421 Å². The number of carbonyl (C=O) groups is 4. The van der Waals surface area contributed by atoms with E-state index >= 15 is 0 Å². The average molecular weight is 1480 g/mol. The summed E-state index contributed by atoms with van der Waals surface area (Å²) in [6.45, 7) is 14.2. The van der Waals surface area contributed by atoms with E-state index < -0.39 is 97.5 Å². The Morgan fingerprint density at radius 3 is 0.703 bits per heavy atom. The lowest BCUT2D eigenvalue weighted by molar-refractivity contribution is -0.161. The van der Waals surface area contributed by atoms with Gasteiger partial charge in [-0.1, -0.05) is 370 Å². The lowest BCUT2D eigenvalue weighted by atomic mass is 9.99. The number of carbonyl (C=O) groups excluding carboxylic acids is 4. The van der Waals surface area contributed by atoms with Gasteiger partial charge in [-0.15, -0.1) is 0 Å². The van der Waals surface area contributed by atoms with Crippen molar-refractivity contribution in [2.24, 2.45) is 23.7 Å². The smallest absolute Gasteiger partial charge is 0.462 e. The molecule has 0 amide bonds. The molecule has 0 spiro atoms. The van der Waals surface area contributed by atoms with E-state index in [2.05, 4.69) is 55.4 Å². The average Bonchev–Trinajstić information content (AvgIpc) is 0.918. The minimum atomic E-state index is -4.96. The highest BCUT2D eigenvalue weighted by Crippen LogP contribution is 2.45. The van der Waals surface area contributed by atoms with Crippen LogP contribution in [-0.2, 0) is 65.4 Å². The molecule has 0 aliphatic rings. The molecule has 0 aliphatic carbocycles. The van der Waals surface area contributed by atoms with Gasteiger partial charge in [-0.2, -0.15) is 0 Å². The molecule has 3 N–H and O–H groups in total. The Morgan fingerprint density at radius 1 is 0.277 bits per heavy atom. The molecule has 0 bridgehead atoms. The summed E-state index contributed by atoms with van der Waals surface area (Å²) in [5, 5.41) is 10.6. The Hall–Kier alpha value is -1.94. The second-order valence-electron chi connectivity index (χ2n) is 31.2. The van der Waals surface area contributed by atoms with Gasteiger partial charge in [0.15, 0.2) is 12.2 Å². The van der Waals surface area contributed by atoms with Gasteiger partial charge in [0, 0.05) is 25.7 Å². The normalized spacial score (nSPS) is 14.3. The first-order valence-electron chi connectivity index (χ1n) is 42.2. The minimum absolute atomic E-state index is 0.106. The van der Waals surface area contributed by atoms with Crippen molar-refractivity contribution in [1.82, 2.24) is 0 Å². The van der Waals surface area contributed by atoms with E-state index in [1.807, 2.05) is 0 Å². The Balaban J connectivity index is 5.17. The highest BCUT2D eigenvalue weighted by molar-refractivity contribution is 7.47. The number of phosphoric acid groups is 2. The molecular formula is C82H160O17P2. The number of aliphatic hydroxyl groups excluding tert-OH is 1. The molecule has 0 fully saturated rings. The number of hydrogen-bond acceptors (Lipinski definition) is 15. The summed E-state index contributed by atoms with van der Waals surface area (Å²) in [5.41, 5.74) is 0. The van der Waals surface area contributed by atoms with E-state index in [1.165, 1.54) is 218 Å².